The molecule has 0 atom stereocenters. The van der Waals surface area contributed by atoms with Gasteiger partial charge in [-0.25, -0.2) is 0 Å². The molecule has 5 heteroatoms. The van der Waals surface area contributed by atoms with Crippen molar-refractivity contribution in [2.24, 2.45) is 5.16 Å². The third-order valence-electron chi connectivity index (χ3n) is 1.43. The van der Waals surface area contributed by atoms with Crippen LogP contribution in [-0.4, -0.2) is 14.6 Å². The topological polar surface area (TPSA) is 55.7 Å². The van der Waals surface area contributed by atoms with Gasteiger partial charge in [-0.2, -0.15) is 8.42 Å². The highest BCUT2D eigenvalue weighted by molar-refractivity contribution is 7.86. The summed E-state index contributed by atoms with van der Waals surface area (Å²) in [6.45, 7) is 1.84. The zero-order valence-electron chi connectivity index (χ0n) is 7.75. The Labute approximate surface area is 83.3 Å². The van der Waals surface area contributed by atoms with Crippen LogP contribution >= 0.6 is 0 Å². The van der Waals surface area contributed by atoms with Gasteiger partial charge in [0.05, 0.1) is 0 Å². The fourth-order valence-electron chi connectivity index (χ4n) is 0.792. The van der Waals surface area contributed by atoms with E-state index >= 15 is 0 Å². The van der Waals surface area contributed by atoms with Gasteiger partial charge in [0.15, 0.2) is 0 Å². The fourth-order valence-corrected chi connectivity index (χ4v) is 1.54. The van der Waals surface area contributed by atoms with Crippen molar-refractivity contribution in [1.82, 2.24) is 0 Å². The maximum Gasteiger partial charge on any atom is 0.358 e. The first-order valence-electron chi connectivity index (χ1n) is 4.17. The highest BCUT2D eigenvalue weighted by Gasteiger charge is 2.13. The molecule has 0 bridgehead atoms. The first-order chi connectivity index (χ1) is 6.67. The highest BCUT2D eigenvalue weighted by Crippen LogP contribution is 2.10. The van der Waals surface area contributed by atoms with Crippen molar-refractivity contribution in [3.63, 3.8) is 0 Å². The second-order valence-electron chi connectivity index (χ2n) is 2.54. The Morgan fingerprint density at radius 2 is 2.00 bits per heavy atom. The van der Waals surface area contributed by atoms with Crippen LogP contribution in [0.3, 0.4) is 0 Å². The van der Waals surface area contributed by atoms with E-state index in [9.17, 15) is 8.42 Å². The van der Waals surface area contributed by atoms with Crippen molar-refractivity contribution in [3.8, 4) is 0 Å². The zero-order valence-corrected chi connectivity index (χ0v) is 8.57. The Balaban J connectivity index is 2.82. The van der Waals surface area contributed by atoms with Crippen LogP contribution in [-0.2, 0) is 14.4 Å². The largest absolute Gasteiger partial charge is 0.358 e. The number of rotatable bonds is 4. The van der Waals surface area contributed by atoms with Crippen molar-refractivity contribution in [2.75, 3.05) is 0 Å². The van der Waals surface area contributed by atoms with Crippen molar-refractivity contribution >= 4 is 16.3 Å². The summed E-state index contributed by atoms with van der Waals surface area (Å²) >= 11 is 0. The molecule has 0 heterocycles. The van der Waals surface area contributed by atoms with Crippen LogP contribution in [0.15, 0.2) is 40.4 Å². The van der Waals surface area contributed by atoms with Gasteiger partial charge >= 0.3 is 10.1 Å². The van der Waals surface area contributed by atoms with Crippen molar-refractivity contribution < 1.29 is 12.7 Å². The highest BCUT2D eigenvalue weighted by atomic mass is 32.2. The summed E-state index contributed by atoms with van der Waals surface area (Å²) in [6, 6.07) is 7.89. The average Bonchev–Trinajstić information content (AvgIpc) is 2.19. The van der Waals surface area contributed by atoms with E-state index < -0.39 is 10.1 Å². The molecule has 0 aliphatic carbocycles. The minimum absolute atomic E-state index is 0.105. The molecule has 0 saturated carbocycles. The van der Waals surface area contributed by atoms with Crippen molar-refractivity contribution in [2.45, 2.75) is 18.2 Å². The molecule has 0 unspecified atom stereocenters. The minimum atomic E-state index is -3.73. The molecule has 76 valence electrons. The molecule has 0 aliphatic heterocycles. The summed E-state index contributed by atoms with van der Waals surface area (Å²) < 4.78 is 27.1. The molecule has 0 aromatic heterocycles. The Morgan fingerprint density at radius 1 is 1.36 bits per heavy atom. The molecule has 0 aliphatic rings. The predicted octanol–water partition coefficient (Wildman–Crippen LogP) is 1.79. The van der Waals surface area contributed by atoms with Crippen LogP contribution in [0.4, 0.5) is 0 Å². The quantitative estimate of drug-likeness (QED) is 0.566. The Kier molecular flexibility index (Phi) is 3.64. The van der Waals surface area contributed by atoms with Gasteiger partial charge in [-0.15, -0.1) is 0 Å². The second-order valence-corrected chi connectivity index (χ2v) is 4.07. The average molecular weight is 213 g/mol. The third kappa shape index (κ3) is 2.85. The van der Waals surface area contributed by atoms with E-state index in [-0.39, 0.29) is 4.90 Å². The molecule has 14 heavy (non-hydrogen) atoms. The smallest absolute Gasteiger partial charge is 0.265 e. The Morgan fingerprint density at radius 3 is 2.57 bits per heavy atom. The predicted molar refractivity (Wildman–Crippen MR) is 53.5 cm³/mol. The van der Waals surface area contributed by atoms with E-state index in [1.165, 1.54) is 18.3 Å². The maximum atomic E-state index is 11.4. The summed E-state index contributed by atoms with van der Waals surface area (Å²) in [5.74, 6) is 0. The Bertz CT molecular complexity index is 397. The minimum Gasteiger partial charge on any atom is -0.265 e. The number of benzene rings is 1. The van der Waals surface area contributed by atoms with Gasteiger partial charge in [-0.3, -0.25) is 4.28 Å². The van der Waals surface area contributed by atoms with Gasteiger partial charge in [0.2, 0.25) is 0 Å². The molecule has 1 aromatic rings. The molecule has 1 rings (SSSR count). The molecule has 0 N–H and O–H groups in total. The SMILES string of the molecule is CCC=NOS(=O)(=O)c1ccccc1. The second kappa shape index (κ2) is 4.76. The van der Waals surface area contributed by atoms with Gasteiger partial charge in [-0.1, -0.05) is 30.3 Å². The summed E-state index contributed by atoms with van der Waals surface area (Å²) in [5.41, 5.74) is 0. The molecule has 0 saturated heterocycles. The molecule has 0 spiro atoms. The molecule has 1 aromatic carbocycles. The van der Waals surface area contributed by atoms with E-state index in [2.05, 4.69) is 9.44 Å². The summed E-state index contributed by atoms with van der Waals surface area (Å²) in [5, 5.41) is 3.32. The zero-order chi connectivity index (χ0) is 10.4. The number of nitrogens with zero attached hydrogens (tertiary/aromatic N) is 1. The van der Waals surface area contributed by atoms with Crippen molar-refractivity contribution in [1.29, 1.82) is 0 Å². The van der Waals surface area contributed by atoms with Crippen LogP contribution in [0.25, 0.3) is 0 Å². The van der Waals surface area contributed by atoms with E-state index in [1.54, 1.807) is 18.2 Å². The van der Waals surface area contributed by atoms with Crippen LogP contribution in [0.5, 0.6) is 0 Å². The summed E-state index contributed by atoms with van der Waals surface area (Å²) in [4.78, 5) is 0.105. The standard InChI is InChI=1S/C9H11NO3S/c1-2-8-10-13-14(11,12)9-6-4-3-5-7-9/h3-8H,2H2,1H3. The van der Waals surface area contributed by atoms with E-state index in [4.69, 9.17) is 0 Å². The third-order valence-corrected chi connectivity index (χ3v) is 2.56. The number of oxime groups is 1. The van der Waals surface area contributed by atoms with Crippen molar-refractivity contribution in [3.05, 3.63) is 30.3 Å². The lowest BCUT2D eigenvalue weighted by Gasteiger charge is -1.99. The molecule has 0 radical (unpaired) electrons. The number of hydrogen-bond donors (Lipinski definition) is 0. The summed E-state index contributed by atoms with van der Waals surface area (Å²) in [6.07, 6.45) is 2.02. The monoisotopic (exact) mass is 213 g/mol. The fraction of sp³-hybridized carbons (Fsp3) is 0.222. The van der Waals surface area contributed by atoms with Gasteiger partial charge in [0.1, 0.15) is 4.90 Å². The molecule has 0 fully saturated rings. The lowest BCUT2D eigenvalue weighted by Crippen LogP contribution is -2.01. The van der Waals surface area contributed by atoms with Gasteiger partial charge < -0.3 is 0 Å². The van der Waals surface area contributed by atoms with Crippen LogP contribution < -0.4 is 0 Å². The van der Waals surface area contributed by atoms with Gasteiger partial charge in [0, 0.05) is 6.21 Å². The molecule has 4 nitrogen and oxygen atoms in total. The van der Waals surface area contributed by atoms with Crippen LogP contribution in [0.2, 0.25) is 0 Å². The normalized spacial score (nSPS) is 11.8. The van der Waals surface area contributed by atoms with Crippen LogP contribution in [0, 0.1) is 0 Å². The molecular formula is C9H11NO3S. The number of hydrogen-bond acceptors (Lipinski definition) is 4. The maximum absolute atomic E-state index is 11.4. The first kappa shape index (κ1) is 10.7. The van der Waals surface area contributed by atoms with E-state index in [0.717, 1.165) is 0 Å². The Hall–Kier alpha value is -1.36. The molecule has 0 amide bonds. The lowest BCUT2D eigenvalue weighted by atomic mass is 10.4. The van der Waals surface area contributed by atoms with Gasteiger partial charge in [-0.05, 0) is 18.6 Å². The van der Waals surface area contributed by atoms with Crippen LogP contribution in [0.1, 0.15) is 13.3 Å². The van der Waals surface area contributed by atoms with E-state index in [0.29, 0.717) is 6.42 Å². The van der Waals surface area contributed by atoms with E-state index in [1.807, 2.05) is 6.92 Å². The first-order valence-corrected chi connectivity index (χ1v) is 5.58. The lowest BCUT2D eigenvalue weighted by molar-refractivity contribution is 0.340. The van der Waals surface area contributed by atoms with Gasteiger partial charge in [0.25, 0.3) is 0 Å². The molecular weight excluding hydrogens is 202 g/mol. The summed E-state index contributed by atoms with van der Waals surface area (Å²) in [7, 11) is -3.73.